The number of rotatable bonds is 1. The molecule has 3 rings (SSSR count). The van der Waals surface area contributed by atoms with Gasteiger partial charge in [-0.15, -0.1) is 0 Å². The van der Waals surface area contributed by atoms with Crippen LogP contribution in [-0.2, 0) is 13.0 Å². The van der Waals surface area contributed by atoms with Gasteiger partial charge < -0.3 is 4.57 Å². The molecule has 1 aliphatic heterocycles. The summed E-state index contributed by atoms with van der Waals surface area (Å²) in [5.74, 6) is 2.02. The van der Waals surface area contributed by atoms with E-state index in [1.807, 2.05) is 0 Å². The van der Waals surface area contributed by atoms with E-state index < -0.39 is 0 Å². The van der Waals surface area contributed by atoms with Crippen LogP contribution in [0.1, 0.15) is 24.7 Å². The summed E-state index contributed by atoms with van der Waals surface area (Å²) >= 11 is 0. The van der Waals surface area contributed by atoms with Gasteiger partial charge in [-0.1, -0.05) is 31.2 Å². The summed E-state index contributed by atoms with van der Waals surface area (Å²) in [6.45, 7) is 5.58. The summed E-state index contributed by atoms with van der Waals surface area (Å²) in [4.78, 5) is 4.80. The van der Waals surface area contributed by atoms with Crippen LogP contribution in [0.15, 0.2) is 30.5 Å². The highest BCUT2D eigenvalue weighted by Gasteiger charge is 2.18. The highest BCUT2D eigenvalue weighted by atomic mass is 15.1. The van der Waals surface area contributed by atoms with Gasteiger partial charge in [0.25, 0.3) is 0 Å². The lowest BCUT2D eigenvalue weighted by Crippen LogP contribution is -2.16. The molecule has 0 N–H and O–H groups in total. The zero-order valence-electron chi connectivity index (χ0n) is 10.5. The number of hydrogen-bond acceptors (Lipinski definition) is 1. The van der Waals surface area contributed by atoms with Gasteiger partial charge in [0.15, 0.2) is 0 Å². The summed E-state index contributed by atoms with van der Waals surface area (Å²) in [7, 11) is 0. The number of benzene rings is 1. The van der Waals surface area contributed by atoms with E-state index in [1.165, 1.54) is 23.4 Å². The number of imidazole rings is 1. The fourth-order valence-corrected chi connectivity index (χ4v) is 2.57. The third-order valence-corrected chi connectivity index (χ3v) is 3.67. The molecule has 88 valence electrons. The third-order valence-electron chi connectivity index (χ3n) is 3.67. The van der Waals surface area contributed by atoms with Crippen LogP contribution in [0.4, 0.5) is 0 Å². The topological polar surface area (TPSA) is 17.8 Å². The van der Waals surface area contributed by atoms with Crippen molar-refractivity contribution < 1.29 is 0 Å². The minimum atomic E-state index is 0.773. The van der Waals surface area contributed by atoms with Crippen LogP contribution < -0.4 is 0 Å². The fraction of sp³-hybridized carbons (Fsp3) is 0.400. The third kappa shape index (κ3) is 1.88. The first-order valence-electron chi connectivity index (χ1n) is 6.36. The number of fused-ring (bicyclic) bond motifs is 1. The van der Waals surface area contributed by atoms with Gasteiger partial charge >= 0.3 is 0 Å². The van der Waals surface area contributed by atoms with Crippen LogP contribution in [0.2, 0.25) is 0 Å². The van der Waals surface area contributed by atoms with Crippen molar-refractivity contribution in [2.45, 2.75) is 33.2 Å². The van der Waals surface area contributed by atoms with Crippen LogP contribution in [0, 0.1) is 12.8 Å². The van der Waals surface area contributed by atoms with Crippen molar-refractivity contribution >= 4 is 0 Å². The average Bonchev–Trinajstić information content (AvgIpc) is 2.72. The Morgan fingerprint density at radius 3 is 2.94 bits per heavy atom. The van der Waals surface area contributed by atoms with Gasteiger partial charge in [-0.25, -0.2) is 4.98 Å². The summed E-state index contributed by atoms with van der Waals surface area (Å²) in [5.41, 5.74) is 3.70. The first-order valence-corrected chi connectivity index (χ1v) is 6.36. The number of aryl methyl sites for hydroxylation is 2. The molecule has 0 fully saturated rings. The Balaban J connectivity index is 2.03. The minimum Gasteiger partial charge on any atom is -0.334 e. The van der Waals surface area contributed by atoms with Crippen molar-refractivity contribution in [3.05, 3.63) is 41.9 Å². The molecule has 17 heavy (non-hydrogen) atoms. The zero-order valence-corrected chi connectivity index (χ0v) is 10.5. The molecule has 2 aromatic rings. The minimum absolute atomic E-state index is 0.773. The Kier molecular flexibility index (Phi) is 2.50. The molecule has 1 aromatic carbocycles. The van der Waals surface area contributed by atoms with Crippen LogP contribution in [0.5, 0.6) is 0 Å². The molecule has 2 nitrogen and oxygen atoms in total. The van der Waals surface area contributed by atoms with Crippen LogP contribution in [0.3, 0.4) is 0 Å². The Labute approximate surface area is 102 Å². The second-order valence-electron chi connectivity index (χ2n) is 5.15. The lowest BCUT2D eigenvalue weighted by atomic mass is 10.0. The maximum atomic E-state index is 4.80. The molecular weight excluding hydrogens is 208 g/mol. The van der Waals surface area contributed by atoms with Crippen molar-refractivity contribution in [2.24, 2.45) is 5.92 Å². The molecule has 1 aliphatic rings. The Hall–Kier alpha value is -1.57. The van der Waals surface area contributed by atoms with E-state index >= 15 is 0 Å². The van der Waals surface area contributed by atoms with E-state index in [4.69, 9.17) is 4.98 Å². The van der Waals surface area contributed by atoms with E-state index in [9.17, 15) is 0 Å². The first-order chi connectivity index (χ1) is 8.24. The Morgan fingerprint density at radius 2 is 2.12 bits per heavy atom. The van der Waals surface area contributed by atoms with Crippen LogP contribution in [0.25, 0.3) is 11.3 Å². The molecule has 1 atom stereocenters. The molecule has 0 saturated heterocycles. The van der Waals surface area contributed by atoms with Crippen molar-refractivity contribution in [1.29, 1.82) is 0 Å². The highest BCUT2D eigenvalue weighted by Crippen LogP contribution is 2.26. The van der Waals surface area contributed by atoms with Crippen molar-refractivity contribution in [3.63, 3.8) is 0 Å². The van der Waals surface area contributed by atoms with Gasteiger partial charge in [0.1, 0.15) is 5.82 Å². The number of aromatic nitrogens is 2. The summed E-state index contributed by atoms with van der Waals surface area (Å²) < 4.78 is 2.32. The molecular formula is C15H18N2. The van der Waals surface area contributed by atoms with E-state index in [-0.39, 0.29) is 0 Å². The van der Waals surface area contributed by atoms with Gasteiger partial charge in [0.2, 0.25) is 0 Å². The van der Waals surface area contributed by atoms with E-state index in [2.05, 4.69) is 48.9 Å². The Bertz CT molecular complexity index is 540. The summed E-state index contributed by atoms with van der Waals surface area (Å²) in [5, 5.41) is 0. The quantitative estimate of drug-likeness (QED) is 0.728. The molecule has 1 aromatic heterocycles. The molecule has 0 amide bonds. The van der Waals surface area contributed by atoms with Crippen molar-refractivity contribution in [2.75, 3.05) is 0 Å². The van der Waals surface area contributed by atoms with Crippen molar-refractivity contribution in [3.8, 4) is 11.3 Å². The maximum Gasteiger partial charge on any atom is 0.109 e. The van der Waals surface area contributed by atoms with Gasteiger partial charge in [-0.05, 0) is 24.8 Å². The zero-order chi connectivity index (χ0) is 11.8. The second kappa shape index (κ2) is 4.02. The molecule has 0 saturated carbocycles. The van der Waals surface area contributed by atoms with Gasteiger partial charge in [-0.2, -0.15) is 0 Å². The first kappa shape index (κ1) is 10.6. The van der Waals surface area contributed by atoms with E-state index in [0.29, 0.717) is 0 Å². The monoisotopic (exact) mass is 226 g/mol. The standard InChI is InChI=1S/C15H18N2/c1-11-7-8-17-10-14(16-15(17)9-11)13-6-4-3-5-12(13)2/h3-6,10-11H,7-9H2,1-2H3. The van der Waals surface area contributed by atoms with E-state index in [1.54, 1.807) is 0 Å². The van der Waals surface area contributed by atoms with Crippen molar-refractivity contribution in [1.82, 2.24) is 9.55 Å². The van der Waals surface area contributed by atoms with Gasteiger partial charge in [0.05, 0.1) is 5.69 Å². The van der Waals surface area contributed by atoms with E-state index in [0.717, 1.165) is 24.6 Å². The normalized spacial score (nSPS) is 19.1. The van der Waals surface area contributed by atoms with Crippen LogP contribution in [-0.4, -0.2) is 9.55 Å². The second-order valence-corrected chi connectivity index (χ2v) is 5.15. The molecule has 2 heterocycles. The molecule has 0 bridgehead atoms. The molecule has 1 unspecified atom stereocenters. The lowest BCUT2D eigenvalue weighted by molar-refractivity contribution is 0.409. The summed E-state index contributed by atoms with van der Waals surface area (Å²) in [6, 6.07) is 8.48. The lowest BCUT2D eigenvalue weighted by Gasteiger charge is -2.18. The number of nitrogens with zero attached hydrogens (tertiary/aromatic N) is 2. The van der Waals surface area contributed by atoms with Gasteiger partial charge in [-0.3, -0.25) is 0 Å². The predicted molar refractivity (Wildman–Crippen MR) is 69.9 cm³/mol. The SMILES string of the molecule is Cc1ccccc1-c1cn2c(n1)CC(C)CC2. The maximum absolute atomic E-state index is 4.80. The van der Waals surface area contributed by atoms with Crippen LogP contribution >= 0.6 is 0 Å². The predicted octanol–water partition coefficient (Wildman–Crippen LogP) is 3.44. The average molecular weight is 226 g/mol. The molecule has 0 aliphatic carbocycles. The fourth-order valence-electron chi connectivity index (χ4n) is 2.57. The largest absolute Gasteiger partial charge is 0.334 e. The number of hydrogen-bond donors (Lipinski definition) is 0. The smallest absolute Gasteiger partial charge is 0.109 e. The van der Waals surface area contributed by atoms with Gasteiger partial charge in [0, 0.05) is 24.7 Å². The highest BCUT2D eigenvalue weighted by molar-refractivity contribution is 5.62. The molecule has 0 radical (unpaired) electrons. The molecule has 0 spiro atoms. The summed E-state index contributed by atoms with van der Waals surface area (Å²) in [6.07, 6.45) is 4.60. The Morgan fingerprint density at radius 1 is 1.29 bits per heavy atom. The molecule has 2 heteroatoms.